The van der Waals surface area contributed by atoms with Gasteiger partial charge in [0.05, 0.1) is 22.3 Å². The lowest BCUT2D eigenvalue weighted by Crippen LogP contribution is -2.31. The molecule has 0 aliphatic rings. The normalized spacial score (nSPS) is 10.9. The van der Waals surface area contributed by atoms with Gasteiger partial charge in [0.15, 0.2) is 0 Å². The first-order valence-electron chi connectivity index (χ1n) is 6.28. The van der Waals surface area contributed by atoms with E-state index in [2.05, 4.69) is 0 Å². The number of halogens is 1. The van der Waals surface area contributed by atoms with Crippen molar-refractivity contribution >= 4 is 27.3 Å². The molecule has 0 aliphatic heterocycles. The van der Waals surface area contributed by atoms with E-state index in [0.29, 0.717) is 5.69 Å². The molecule has 2 aromatic rings. The molecule has 0 aromatic heterocycles. The van der Waals surface area contributed by atoms with Gasteiger partial charge >= 0.3 is 0 Å². The summed E-state index contributed by atoms with van der Waals surface area (Å²) >= 11 is 6.01. The molecular weight excluding hydrogens is 308 g/mol. The van der Waals surface area contributed by atoms with E-state index < -0.39 is 10.0 Å². The molecule has 0 N–H and O–H groups in total. The Hall–Kier alpha value is -2.03. The molecule has 0 fully saturated rings. The maximum atomic E-state index is 12.8. The molecule has 2 rings (SSSR count). The summed E-state index contributed by atoms with van der Waals surface area (Å²) in [4.78, 5) is -0.0612. The fourth-order valence-electron chi connectivity index (χ4n) is 1.97. The van der Waals surface area contributed by atoms with Crippen molar-refractivity contribution in [1.82, 2.24) is 0 Å². The van der Waals surface area contributed by atoms with E-state index in [1.165, 1.54) is 22.5 Å². The van der Waals surface area contributed by atoms with Crippen molar-refractivity contribution in [3.8, 4) is 6.07 Å². The van der Waals surface area contributed by atoms with Gasteiger partial charge in [-0.3, -0.25) is 4.31 Å². The molecule has 0 bridgehead atoms. The van der Waals surface area contributed by atoms with Crippen LogP contribution < -0.4 is 4.31 Å². The number of para-hydroxylation sites is 1. The van der Waals surface area contributed by atoms with Crippen LogP contribution in [0.4, 0.5) is 5.69 Å². The second-order valence-electron chi connectivity index (χ2n) is 4.26. The van der Waals surface area contributed by atoms with Crippen LogP contribution in [0, 0.1) is 11.3 Å². The Morgan fingerprint density at radius 1 is 1.19 bits per heavy atom. The Kier molecular flexibility index (Phi) is 4.51. The average Bonchev–Trinajstić information content (AvgIpc) is 2.49. The van der Waals surface area contributed by atoms with Gasteiger partial charge in [0.25, 0.3) is 10.0 Å². The lowest BCUT2D eigenvalue weighted by atomic mass is 10.2. The van der Waals surface area contributed by atoms with Gasteiger partial charge in [-0.05, 0) is 37.3 Å². The van der Waals surface area contributed by atoms with Crippen molar-refractivity contribution < 1.29 is 8.42 Å². The van der Waals surface area contributed by atoms with Crippen LogP contribution >= 0.6 is 11.6 Å². The molecule has 0 heterocycles. The maximum absolute atomic E-state index is 12.8. The highest BCUT2D eigenvalue weighted by Crippen LogP contribution is 2.28. The molecule has 108 valence electrons. The highest BCUT2D eigenvalue weighted by atomic mass is 35.5. The average molecular weight is 321 g/mol. The molecule has 0 aliphatic carbocycles. The quantitative estimate of drug-likeness (QED) is 0.867. The lowest BCUT2D eigenvalue weighted by Gasteiger charge is -2.23. The fraction of sp³-hybridized carbons (Fsp3) is 0.133. The molecule has 0 amide bonds. The second kappa shape index (κ2) is 6.17. The number of rotatable bonds is 4. The molecule has 21 heavy (non-hydrogen) atoms. The minimum atomic E-state index is -3.82. The number of sulfonamides is 1. The van der Waals surface area contributed by atoms with Gasteiger partial charge in [-0.25, -0.2) is 8.42 Å². The predicted octanol–water partition coefficient (Wildman–Crippen LogP) is 3.43. The zero-order valence-electron chi connectivity index (χ0n) is 11.3. The number of nitrogens with zero attached hydrogens (tertiary/aromatic N) is 2. The van der Waals surface area contributed by atoms with Crippen molar-refractivity contribution in [2.45, 2.75) is 11.8 Å². The zero-order chi connectivity index (χ0) is 15.5. The molecule has 0 spiro atoms. The van der Waals surface area contributed by atoms with Gasteiger partial charge in [0.2, 0.25) is 0 Å². The first-order valence-corrected chi connectivity index (χ1v) is 8.10. The predicted molar refractivity (Wildman–Crippen MR) is 82.8 cm³/mol. The summed E-state index contributed by atoms with van der Waals surface area (Å²) in [6.07, 6.45) is 0. The van der Waals surface area contributed by atoms with Gasteiger partial charge in [0, 0.05) is 6.54 Å². The minimum Gasteiger partial charge on any atom is -0.267 e. The van der Waals surface area contributed by atoms with E-state index in [0.717, 1.165) is 0 Å². The Morgan fingerprint density at radius 2 is 1.86 bits per heavy atom. The third-order valence-corrected chi connectivity index (χ3v) is 5.34. The van der Waals surface area contributed by atoms with Crippen LogP contribution in [0.25, 0.3) is 0 Å². The van der Waals surface area contributed by atoms with Crippen LogP contribution in [0.15, 0.2) is 53.4 Å². The second-order valence-corrected chi connectivity index (χ2v) is 6.50. The van der Waals surface area contributed by atoms with Crippen LogP contribution in [-0.4, -0.2) is 15.0 Å². The van der Waals surface area contributed by atoms with Gasteiger partial charge in [-0.15, -0.1) is 0 Å². The minimum absolute atomic E-state index is 0.0612. The molecular formula is C15H13ClN2O2S. The Balaban J connectivity index is 2.58. The smallest absolute Gasteiger partial charge is 0.265 e. The van der Waals surface area contributed by atoms with Crippen molar-refractivity contribution in [2.24, 2.45) is 0 Å². The molecule has 0 radical (unpaired) electrons. The van der Waals surface area contributed by atoms with Crippen molar-refractivity contribution in [1.29, 1.82) is 5.26 Å². The summed E-state index contributed by atoms with van der Waals surface area (Å²) < 4.78 is 26.8. The fourth-order valence-corrected chi connectivity index (χ4v) is 3.95. The Bertz CT molecular complexity index is 783. The van der Waals surface area contributed by atoms with Gasteiger partial charge in [0.1, 0.15) is 4.90 Å². The number of nitriles is 1. The molecule has 0 saturated heterocycles. The molecule has 0 unspecified atom stereocenters. The summed E-state index contributed by atoms with van der Waals surface area (Å²) in [5, 5.41) is 9.03. The summed E-state index contributed by atoms with van der Waals surface area (Å²) in [7, 11) is -3.82. The summed E-state index contributed by atoms with van der Waals surface area (Å²) in [5.74, 6) is 0. The monoisotopic (exact) mass is 320 g/mol. The topological polar surface area (TPSA) is 61.2 Å². The highest BCUT2D eigenvalue weighted by Gasteiger charge is 2.26. The summed E-state index contributed by atoms with van der Waals surface area (Å²) in [5.41, 5.74) is 0.806. The van der Waals surface area contributed by atoms with Crippen molar-refractivity contribution in [3.05, 3.63) is 59.1 Å². The molecule has 0 saturated carbocycles. The van der Waals surface area contributed by atoms with Gasteiger partial charge in [-0.2, -0.15) is 5.26 Å². The van der Waals surface area contributed by atoms with E-state index in [4.69, 9.17) is 16.9 Å². The number of benzene rings is 2. The Labute approximate surface area is 129 Å². The Morgan fingerprint density at radius 3 is 2.43 bits per heavy atom. The van der Waals surface area contributed by atoms with E-state index in [9.17, 15) is 8.42 Å². The van der Waals surface area contributed by atoms with Crippen LogP contribution in [0.5, 0.6) is 0 Å². The first kappa shape index (κ1) is 15.4. The van der Waals surface area contributed by atoms with Crippen LogP contribution in [0.3, 0.4) is 0 Å². The van der Waals surface area contributed by atoms with Crippen LogP contribution in [-0.2, 0) is 10.0 Å². The molecule has 2 aromatic carbocycles. The van der Waals surface area contributed by atoms with E-state index in [1.807, 2.05) is 12.1 Å². The number of hydrogen-bond acceptors (Lipinski definition) is 3. The third-order valence-electron chi connectivity index (χ3n) is 2.96. The molecule has 6 heteroatoms. The van der Waals surface area contributed by atoms with Crippen molar-refractivity contribution in [2.75, 3.05) is 10.8 Å². The van der Waals surface area contributed by atoms with Gasteiger partial charge < -0.3 is 0 Å². The molecule has 4 nitrogen and oxygen atoms in total. The lowest BCUT2D eigenvalue weighted by molar-refractivity contribution is 0.592. The number of hydrogen-bond donors (Lipinski definition) is 0. The van der Waals surface area contributed by atoms with E-state index >= 15 is 0 Å². The van der Waals surface area contributed by atoms with Crippen LogP contribution in [0.1, 0.15) is 12.5 Å². The highest BCUT2D eigenvalue weighted by molar-refractivity contribution is 7.93. The molecule has 0 atom stereocenters. The third kappa shape index (κ3) is 3.02. The van der Waals surface area contributed by atoms with E-state index in [1.54, 1.807) is 31.2 Å². The van der Waals surface area contributed by atoms with Gasteiger partial charge in [-0.1, -0.05) is 29.8 Å². The number of anilines is 1. The summed E-state index contributed by atoms with van der Waals surface area (Å²) in [6, 6.07) is 14.9. The largest absolute Gasteiger partial charge is 0.267 e. The maximum Gasteiger partial charge on any atom is 0.265 e. The standard InChI is InChI=1S/C15H13ClN2O2S/c1-2-18(13-6-4-3-5-7-13)21(19,20)15-10-12(11-17)8-9-14(15)16/h3-10H,2H2,1H3. The van der Waals surface area contributed by atoms with Crippen LogP contribution in [0.2, 0.25) is 5.02 Å². The summed E-state index contributed by atoms with van der Waals surface area (Å²) in [6.45, 7) is 2.01. The van der Waals surface area contributed by atoms with E-state index in [-0.39, 0.29) is 22.0 Å². The first-order chi connectivity index (χ1) is 10.0. The zero-order valence-corrected chi connectivity index (χ0v) is 12.9. The SMILES string of the molecule is CCN(c1ccccc1)S(=O)(=O)c1cc(C#N)ccc1Cl. The van der Waals surface area contributed by atoms with Crippen molar-refractivity contribution in [3.63, 3.8) is 0 Å².